The van der Waals surface area contributed by atoms with E-state index in [0.29, 0.717) is 10.9 Å². The highest BCUT2D eigenvalue weighted by atomic mass is 35.5. The zero-order valence-electron chi connectivity index (χ0n) is 9.23. The Morgan fingerprint density at radius 2 is 1.94 bits per heavy atom. The molecule has 1 aromatic carbocycles. The first-order valence-electron chi connectivity index (χ1n) is 5.51. The van der Waals surface area contributed by atoms with Crippen molar-refractivity contribution in [1.29, 1.82) is 0 Å². The van der Waals surface area contributed by atoms with E-state index in [4.69, 9.17) is 17.3 Å². The van der Waals surface area contributed by atoms with E-state index in [1.54, 1.807) is 12.1 Å². The zero-order valence-corrected chi connectivity index (χ0v) is 10.8. The molecular formula is C12H16ClNOS. The second-order valence-electron chi connectivity index (χ2n) is 4.39. The molecule has 2 rings (SSSR count). The van der Waals surface area contributed by atoms with Gasteiger partial charge in [0, 0.05) is 21.2 Å². The highest BCUT2D eigenvalue weighted by molar-refractivity contribution is 7.85. The molecule has 1 aliphatic rings. The minimum Gasteiger partial charge on any atom is -0.327 e. The van der Waals surface area contributed by atoms with Crippen molar-refractivity contribution in [3.8, 4) is 0 Å². The molecule has 0 aromatic heterocycles. The van der Waals surface area contributed by atoms with Crippen LogP contribution in [0.1, 0.15) is 19.8 Å². The van der Waals surface area contributed by atoms with Gasteiger partial charge in [-0.05, 0) is 43.0 Å². The number of hydrogen-bond donors (Lipinski definition) is 1. The third kappa shape index (κ3) is 2.31. The molecule has 2 N–H and O–H groups in total. The van der Waals surface area contributed by atoms with Crippen molar-refractivity contribution >= 4 is 22.4 Å². The number of hydrogen-bond acceptors (Lipinski definition) is 2. The van der Waals surface area contributed by atoms with Gasteiger partial charge in [-0.15, -0.1) is 0 Å². The van der Waals surface area contributed by atoms with Gasteiger partial charge in [-0.2, -0.15) is 0 Å². The lowest BCUT2D eigenvalue weighted by atomic mass is 10.1. The third-order valence-electron chi connectivity index (χ3n) is 3.37. The molecule has 1 fully saturated rings. The molecule has 0 saturated heterocycles. The normalized spacial score (nSPS) is 31.6. The molecule has 4 unspecified atom stereocenters. The van der Waals surface area contributed by atoms with Gasteiger partial charge in [-0.1, -0.05) is 18.5 Å². The fraction of sp³-hybridized carbons (Fsp3) is 0.500. The quantitative estimate of drug-likeness (QED) is 0.885. The first kappa shape index (κ1) is 12.1. The zero-order chi connectivity index (χ0) is 11.7. The first-order chi connectivity index (χ1) is 7.59. The third-order valence-corrected chi connectivity index (χ3v) is 5.57. The molecule has 1 aliphatic carbocycles. The topological polar surface area (TPSA) is 43.1 Å². The summed E-state index contributed by atoms with van der Waals surface area (Å²) in [4.78, 5) is 0.857. The minimum atomic E-state index is -0.956. The van der Waals surface area contributed by atoms with E-state index < -0.39 is 10.8 Å². The summed E-state index contributed by atoms with van der Waals surface area (Å²) in [7, 11) is -0.956. The van der Waals surface area contributed by atoms with Crippen molar-refractivity contribution in [2.24, 2.45) is 11.7 Å². The van der Waals surface area contributed by atoms with Crippen LogP contribution in [-0.2, 0) is 10.8 Å². The molecule has 0 heterocycles. The average Bonchev–Trinajstić information content (AvgIpc) is 2.60. The van der Waals surface area contributed by atoms with Crippen molar-refractivity contribution in [1.82, 2.24) is 0 Å². The summed E-state index contributed by atoms with van der Waals surface area (Å²) in [5.41, 5.74) is 5.95. The van der Waals surface area contributed by atoms with E-state index in [-0.39, 0.29) is 11.3 Å². The van der Waals surface area contributed by atoms with Gasteiger partial charge in [0.25, 0.3) is 0 Å². The van der Waals surface area contributed by atoms with Gasteiger partial charge in [0.1, 0.15) is 0 Å². The van der Waals surface area contributed by atoms with Crippen LogP contribution in [0.4, 0.5) is 0 Å². The van der Waals surface area contributed by atoms with Crippen LogP contribution in [0.3, 0.4) is 0 Å². The molecule has 0 radical (unpaired) electrons. The predicted octanol–water partition coefficient (Wildman–Crippen LogP) is 2.57. The summed E-state index contributed by atoms with van der Waals surface area (Å²) in [5, 5.41) is 0.869. The molecule has 0 bridgehead atoms. The summed E-state index contributed by atoms with van der Waals surface area (Å²) in [6.45, 7) is 2.09. The Balaban J connectivity index is 2.16. The molecule has 2 nitrogen and oxygen atoms in total. The van der Waals surface area contributed by atoms with Crippen LogP contribution < -0.4 is 5.73 Å². The summed E-state index contributed by atoms with van der Waals surface area (Å²) in [6.07, 6.45) is 1.93. The molecular weight excluding hydrogens is 242 g/mol. The van der Waals surface area contributed by atoms with Gasteiger partial charge in [0.2, 0.25) is 0 Å². The van der Waals surface area contributed by atoms with E-state index in [1.807, 2.05) is 12.1 Å². The van der Waals surface area contributed by atoms with E-state index in [1.165, 1.54) is 0 Å². The SMILES string of the molecule is CC1C(N)CCC1S(=O)c1ccc(Cl)cc1. The Morgan fingerprint density at radius 3 is 2.44 bits per heavy atom. The Bertz CT molecular complexity index is 393. The summed E-state index contributed by atoms with van der Waals surface area (Å²) in [5.74, 6) is 0.330. The lowest BCUT2D eigenvalue weighted by Gasteiger charge is -2.17. The standard InChI is InChI=1S/C12H16ClNOS/c1-8-11(14)6-7-12(8)16(15)10-4-2-9(13)3-5-10/h2-5,8,11-12H,6-7,14H2,1H3. The van der Waals surface area contributed by atoms with Gasteiger partial charge in [0.15, 0.2) is 0 Å². The maximum absolute atomic E-state index is 12.3. The van der Waals surface area contributed by atoms with Crippen LogP contribution in [0, 0.1) is 5.92 Å². The maximum atomic E-state index is 12.3. The molecule has 0 amide bonds. The van der Waals surface area contributed by atoms with E-state index in [2.05, 4.69) is 6.92 Å². The molecule has 88 valence electrons. The number of rotatable bonds is 2. The monoisotopic (exact) mass is 257 g/mol. The molecule has 1 aromatic rings. The van der Waals surface area contributed by atoms with Crippen molar-refractivity contribution in [2.75, 3.05) is 0 Å². The van der Waals surface area contributed by atoms with Crippen LogP contribution in [-0.4, -0.2) is 15.5 Å². The largest absolute Gasteiger partial charge is 0.327 e. The molecule has 0 aliphatic heterocycles. The smallest absolute Gasteiger partial charge is 0.0564 e. The second kappa shape index (κ2) is 4.86. The molecule has 4 heteroatoms. The fourth-order valence-corrected chi connectivity index (χ4v) is 4.03. The van der Waals surface area contributed by atoms with Crippen LogP contribution in [0.25, 0.3) is 0 Å². The van der Waals surface area contributed by atoms with E-state index in [9.17, 15) is 4.21 Å². The Labute approximate surface area is 104 Å². The van der Waals surface area contributed by atoms with Crippen LogP contribution in [0.2, 0.25) is 5.02 Å². The number of nitrogens with two attached hydrogens (primary N) is 1. The average molecular weight is 258 g/mol. The number of halogens is 1. The Morgan fingerprint density at radius 1 is 1.31 bits per heavy atom. The lowest BCUT2D eigenvalue weighted by molar-refractivity contribution is 0.526. The van der Waals surface area contributed by atoms with Gasteiger partial charge >= 0.3 is 0 Å². The van der Waals surface area contributed by atoms with Gasteiger partial charge in [-0.25, -0.2) is 0 Å². The molecule has 0 spiro atoms. The highest BCUT2D eigenvalue weighted by Gasteiger charge is 2.34. The second-order valence-corrected chi connectivity index (χ2v) is 6.50. The summed E-state index contributed by atoms with van der Waals surface area (Å²) < 4.78 is 12.3. The van der Waals surface area contributed by atoms with Crippen LogP contribution in [0.5, 0.6) is 0 Å². The molecule has 4 atom stereocenters. The van der Waals surface area contributed by atoms with Gasteiger partial charge in [0.05, 0.1) is 10.8 Å². The lowest BCUT2D eigenvalue weighted by Crippen LogP contribution is -2.29. The van der Waals surface area contributed by atoms with Gasteiger partial charge < -0.3 is 5.73 Å². The summed E-state index contributed by atoms with van der Waals surface area (Å²) >= 11 is 5.81. The summed E-state index contributed by atoms with van der Waals surface area (Å²) in [6, 6.07) is 7.45. The fourth-order valence-electron chi connectivity index (χ4n) is 2.20. The maximum Gasteiger partial charge on any atom is 0.0564 e. The van der Waals surface area contributed by atoms with E-state index >= 15 is 0 Å². The Kier molecular flexibility index (Phi) is 3.67. The Hall–Kier alpha value is -0.380. The van der Waals surface area contributed by atoms with Gasteiger partial charge in [-0.3, -0.25) is 4.21 Å². The van der Waals surface area contributed by atoms with Crippen molar-refractivity contribution in [2.45, 2.75) is 36.0 Å². The van der Waals surface area contributed by atoms with Crippen molar-refractivity contribution < 1.29 is 4.21 Å². The molecule has 1 saturated carbocycles. The highest BCUT2D eigenvalue weighted by Crippen LogP contribution is 2.31. The first-order valence-corrected chi connectivity index (χ1v) is 7.10. The molecule has 16 heavy (non-hydrogen) atoms. The number of benzene rings is 1. The predicted molar refractivity (Wildman–Crippen MR) is 68.0 cm³/mol. The van der Waals surface area contributed by atoms with E-state index in [0.717, 1.165) is 17.7 Å². The van der Waals surface area contributed by atoms with Crippen LogP contribution >= 0.6 is 11.6 Å². The van der Waals surface area contributed by atoms with Crippen molar-refractivity contribution in [3.63, 3.8) is 0 Å². The van der Waals surface area contributed by atoms with Crippen LogP contribution in [0.15, 0.2) is 29.2 Å². The van der Waals surface area contributed by atoms with Crippen molar-refractivity contribution in [3.05, 3.63) is 29.3 Å². The minimum absolute atomic E-state index is 0.191.